The lowest BCUT2D eigenvalue weighted by atomic mass is 9.82. The fourth-order valence-electron chi connectivity index (χ4n) is 9.36. The summed E-state index contributed by atoms with van der Waals surface area (Å²) in [7, 11) is 0. The Labute approximate surface area is 350 Å². The van der Waals surface area contributed by atoms with Gasteiger partial charge in [0.05, 0.1) is 11.0 Å². The van der Waals surface area contributed by atoms with Gasteiger partial charge in [-0.05, 0) is 112 Å². The summed E-state index contributed by atoms with van der Waals surface area (Å²) < 4.78 is 2.43. The highest BCUT2D eigenvalue weighted by Crippen LogP contribution is 2.51. The first kappa shape index (κ1) is 35.7. The smallest absolute Gasteiger partial charge is 0.164 e. The standard InChI is InChI=1S/C56H42N4/c1-35-16-11-12-23-43(35)45-31-39(27-26-36(45)2)40-28-29-51-47(32-40)48-33-46-44-24-13-14-25-49(44)56(3,4)50(46)34-52(48)60(51)42-22-15-21-41(30-42)55-58-53(37-17-7-5-8-18-37)57-54(59-55)38-19-9-6-10-20-38/h5-34H,1-4H3. The van der Waals surface area contributed by atoms with Gasteiger partial charge >= 0.3 is 0 Å². The van der Waals surface area contributed by atoms with Gasteiger partial charge in [0.15, 0.2) is 17.5 Å². The molecule has 0 amide bonds. The Hall–Kier alpha value is -7.43. The summed E-state index contributed by atoms with van der Waals surface area (Å²) in [6.07, 6.45) is 0. The number of hydrogen-bond acceptors (Lipinski definition) is 3. The highest BCUT2D eigenvalue weighted by molar-refractivity contribution is 6.13. The lowest BCUT2D eigenvalue weighted by molar-refractivity contribution is 0.661. The minimum atomic E-state index is -0.144. The number of benzene rings is 8. The number of nitrogens with zero attached hydrogens (tertiary/aromatic N) is 4. The van der Waals surface area contributed by atoms with Crippen LogP contribution in [0.25, 0.3) is 95.0 Å². The molecule has 8 aromatic carbocycles. The Morgan fingerprint density at radius 1 is 0.367 bits per heavy atom. The van der Waals surface area contributed by atoms with E-state index < -0.39 is 0 Å². The number of hydrogen-bond donors (Lipinski definition) is 0. The predicted octanol–water partition coefficient (Wildman–Crippen LogP) is 14.2. The van der Waals surface area contributed by atoms with Crippen LogP contribution in [-0.4, -0.2) is 19.5 Å². The van der Waals surface area contributed by atoms with Crippen LogP contribution in [-0.2, 0) is 5.41 Å². The number of rotatable bonds is 6. The molecule has 4 nitrogen and oxygen atoms in total. The zero-order valence-corrected chi connectivity index (χ0v) is 34.1. The van der Waals surface area contributed by atoms with Crippen LogP contribution in [0.15, 0.2) is 182 Å². The minimum Gasteiger partial charge on any atom is -0.309 e. The molecule has 0 aliphatic heterocycles. The molecule has 11 rings (SSSR count). The molecule has 0 saturated carbocycles. The molecule has 0 unspecified atom stereocenters. The Kier molecular flexibility index (Phi) is 8.25. The van der Waals surface area contributed by atoms with Crippen molar-refractivity contribution in [2.45, 2.75) is 33.1 Å². The van der Waals surface area contributed by atoms with E-state index >= 15 is 0 Å². The average Bonchev–Trinajstić information content (AvgIpc) is 3.73. The molecule has 0 spiro atoms. The average molecular weight is 771 g/mol. The maximum atomic E-state index is 5.09. The lowest BCUT2D eigenvalue weighted by Gasteiger charge is -2.21. The molecule has 0 atom stereocenters. The fraction of sp³-hybridized carbons (Fsp3) is 0.0893. The first-order valence-corrected chi connectivity index (χ1v) is 20.7. The van der Waals surface area contributed by atoms with Gasteiger partial charge in [0.25, 0.3) is 0 Å². The van der Waals surface area contributed by atoms with Crippen molar-refractivity contribution in [1.82, 2.24) is 19.5 Å². The third-order valence-corrected chi connectivity index (χ3v) is 12.5. The van der Waals surface area contributed by atoms with Gasteiger partial charge in [-0.15, -0.1) is 0 Å². The highest BCUT2D eigenvalue weighted by atomic mass is 15.0. The Morgan fingerprint density at radius 2 is 0.933 bits per heavy atom. The second-order valence-corrected chi connectivity index (χ2v) is 16.6. The van der Waals surface area contributed by atoms with Crippen LogP contribution in [0.3, 0.4) is 0 Å². The Balaban J connectivity index is 1.13. The van der Waals surface area contributed by atoms with E-state index in [-0.39, 0.29) is 5.41 Å². The van der Waals surface area contributed by atoms with E-state index in [0.29, 0.717) is 17.5 Å². The molecule has 10 aromatic rings. The predicted molar refractivity (Wildman–Crippen MR) is 248 cm³/mol. The molecule has 0 fully saturated rings. The van der Waals surface area contributed by atoms with Gasteiger partial charge in [-0.1, -0.05) is 153 Å². The normalized spacial score (nSPS) is 12.8. The van der Waals surface area contributed by atoms with Crippen molar-refractivity contribution in [2.75, 3.05) is 0 Å². The van der Waals surface area contributed by atoms with Crippen LogP contribution in [0.2, 0.25) is 0 Å². The summed E-state index contributed by atoms with van der Waals surface area (Å²) in [5.74, 6) is 1.93. The highest BCUT2D eigenvalue weighted by Gasteiger charge is 2.36. The first-order chi connectivity index (χ1) is 29.3. The van der Waals surface area contributed by atoms with Gasteiger partial charge in [-0.25, -0.2) is 15.0 Å². The summed E-state index contributed by atoms with van der Waals surface area (Å²) in [6.45, 7) is 9.11. The first-order valence-electron chi connectivity index (χ1n) is 20.7. The van der Waals surface area contributed by atoms with Gasteiger partial charge in [0.2, 0.25) is 0 Å². The molecule has 1 aliphatic rings. The number of fused-ring (bicyclic) bond motifs is 6. The second-order valence-electron chi connectivity index (χ2n) is 16.6. The van der Waals surface area contributed by atoms with Crippen LogP contribution in [0, 0.1) is 13.8 Å². The maximum absolute atomic E-state index is 5.09. The molecular formula is C56H42N4. The Bertz CT molecular complexity index is 3250. The van der Waals surface area contributed by atoms with E-state index in [1.807, 2.05) is 36.4 Å². The largest absolute Gasteiger partial charge is 0.309 e. The molecular weight excluding hydrogens is 729 g/mol. The monoisotopic (exact) mass is 770 g/mol. The van der Waals surface area contributed by atoms with Gasteiger partial charge in [-0.3, -0.25) is 0 Å². The van der Waals surface area contributed by atoms with Crippen LogP contribution in [0.5, 0.6) is 0 Å². The van der Waals surface area contributed by atoms with Crippen LogP contribution in [0.1, 0.15) is 36.1 Å². The van der Waals surface area contributed by atoms with Crippen molar-refractivity contribution >= 4 is 21.8 Å². The van der Waals surface area contributed by atoms with E-state index in [1.54, 1.807) is 0 Å². The van der Waals surface area contributed by atoms with E-state index in [1.165, 1.54) is 71.9 Å². The molecule has 286 valence electrons. The van der Waals surface area contributed by atoms with Crippen molar-refractivity contribution in [3.8, 4) is 73.2 Å². The molecule has 0 bridgehead atoms. The van der Waals surface area contributed by atoms with E-state index in [9.17, 15) is 0 Å². The molecule has 2 heterocycles. The molecule has 4 heteroatoms. The minimum absolute atomic E-state index is 0.144. The summed E-state index contributed by atoms with van der Waals surface area (Å²) >= 11 is 0. The molecule has 0 radical (unpaired) electrons. The van der Waals surface area contributed by atoms with Gasteiger partial charge in [-0.2, -0.15) is 0 Å². The fourth-order valence-corrected chi connectivity index (χ4v) is 9.36. The molecule has 60 heavy (non-hydrogen) atoms. The zero-order chi connectivity index (χ0) is 40.5. The van der Waals surface area contributed by atoms with Crippen LogP contribution >= 0.6 is 0 Å². The molecule has 0 saturated heterocycles. The summed E-state index contributed by atoms with van der Waals surface area (Å²) in [6, 6.07) is 65.3. The van der Waals surface area contributed by atoms with Gasteiger partial charge in [0, 0.05) is 38.6 Å². The van der Waals surface area contributed by atoms with Crippen molar-refractivity contribution in [3.05, 3.63) is 204 Å². The van der Waals surface area contributed by atoms with Crippen molar-refractivity contribution in [3.63, 3.8) is 0 Å². The number of aromatic nitrogens is 4. The quantitative estimate of drug-likeness (QED) is 0.169. The molecule has 1 aliphatic carbocycles. The van der Waals surface area contributed by atoms with Crippen LogP contribution in [0.4, 0.5) is 0 Å². The second kappa shape index (κ2) is 13.9. The van der Waals surface area contributed by atoms with Gasteiger partial charge in [0.1, 0.15) is 0 Å². The SMILES string of the molecule is Cc1ccccc1-c1cc(-c2ccc3c(c2)c2cc4c(cc2n3-c2cccc(-c3nc(-c5ccccc5)nc(-c5ccccc5)n3)c2)C(C)(C)c2ccccc2-4)ccc1C. The third kappa shape index (κ3) is 5.78. The lowest BCUT2D eigenvalue weighted by Crippen LogP contribution is -2.14. The van der Waals surface area contributed by atoms with Gasteiger partial charge < -0.3 is 4.57 Å². The van der Waals surface area contributed by atoms with E-state index in [0.717, 1.165) is 27.9 Å². The van der Waals surface area contributed by atoms with Crippen molar-refractivity contribution < 1.29 is 0 Å². The summed E-state index contributed by atoms with van der Waals surface area (Å²) in [5.41, 5.74) is 18.9. The zero-order valence-electron chi connectivity index (χ0n) is 34.1. The third-order valence-electron chi connectivity index (χ3n) is 12.5. The van der Waals surface area contributed by atoms with Crippen molar-refractivity contribution in [2.24, 2.45) is 0 Å². The van der Waals surface area contributed by atoms with E-state index in [4.69, 9.17) is 15.0 Å². The van der Waals surface area contributed by atoms with Crippen LogP contribution < -0.4 is 0 Å². The topological polar surface area (TPSA) is 43.6 Å². The number of aryl methyl sites for hydroxylation is 2. The summed E-state index contributed by atoms with van der Waals surface area (Å²) in [4.78, 5) is 15.1. The Morgan fingerprint density at radius 3 is 1.65 bits per heavy atom. The van der Waals surface area contributed by atoms with E-state index in [2.05, 4.69) is 178 Å². The molecule has 2 aromatic heterocycles. The van der Waals surface area contributed by atoms with Crippen molar-refractivity contribution in [1.29, 1.82) is 0 Å². The maximum Gasteiger partial charge on any atom is 0.164 e. The summed E-state index contributed by atoms with van der Waals surface area (Å²) in [5, 5.41) is 2.45. The molecule has 0 N–H and O–H groups in total.